The first-order chi connectivity index (χ1) is 8.99. The monoisotopic (exact) mass is 357 g/mol. The molecule has 0 radical (unpaired) electrons. The van der Waals surface area contributed by atoms with Crippen LogP contribution in [0.5, 0.6) is 0 Å². The van der Waals surface area contributed by atoms with Crippen LogP contribution in [-0.2, 0) is 6.42 Å². The van der Waals surface area contributed by atoms with Gasteiger partial charge in [0, 0.05) is 32.2 Å². The lowest BCUT2D eigenvalue weighted by atomic mass is 10.0. The number of nitrogens with two attached hydrogens (primary N) is 1. The first-order valence-corrected chi connectivity index (χ1v) is 7.05. The third kappa shape index (κ3) is 3.30. The second-order valence-corrected chi connectivity index (χ2v) is 5.71. The van der Waals surface area contributed by atoms with Crippen LogP contribution in [0.2, 0.25) is 10.0 Å². The van der Waals surface area contributed by atoms with Crippen LogP contribution in [0, 0.1) is 0 Å². The molecule has 0 bridgehead atoms. The average molecular weight is 359 g/mol. The van der Waals surface area contributed by atoms with Crippen LogP contribution in [0.3, 0.4) is 0 Å². The Morgan fingerprint density at radius 1 is 1.16 bits per heavy atom. The van der Waals surface area contributed by atoms with Crippen LogP contribution in [0.25, 0.3) is 0 Å². The maximum absolute atomic E-state index is 12.2. The first kappa shape index (κ1) is 14.4. The summed E-state index contributed by atoms with van der Waals surface area (Å²) < 4.78 is 0.698. The highest BCUT2D eigenvalue weighted by Gasteiger charge is 2.13. The summed E-state index contributed by atoms with van der Waals surface area (Å²) in [7, 11) is 0. The molecule has 0 spiro atoms. The first-order valence-electron chi connectivity index (χ1n) is 5.50. The van der Waals surface area contributed by atoms with Crippen molar-refractivity contribution in [1.29, 1.82) is 0 Å². The molecule has 5 heteroatoms. The Balaban J connectivity index is 2.28. The van der Waals surface area contributed by atoms with E-state index in [1.165, 1.54) is 0 Å². The molecule has 0 aromatic heterocycles. The quantitative estimate of drug-likeness (QED) is 0.634. The number of nitrogen functional groups attached to an aromatic ring is 1. The summed E-state index contributed by atoms with van der Waals surface area (Å²) in [5.41, 5.74) is 7.49. The Kier molecular flexibility index (Phi) is 4.50. The van der Waals surface area contributed by atoms with Crippen LogP contribution in [0.1, 0.15) is 15.9 Å². The van der Waals surface area contributed by atoms with E-state index in [-0.39, 0.29) is 12.2 Å². The molecular weight excluding hydrogens is 349 g/mol. The van der Waals surface area contributed by atoms with Gasteiger partial charge in [-0.25, -0.2) is 0 Å². The van der Waals surface area contributed by atoms with E-state index >= 15 is 0 Å². The molecule has 19 heavy (non-hydrogen) atoms. The topological polar surface area (TPSA) is 43.1 Å². The zero-order valence-corrected chi connectivity index (χ0v) is 12.9. The van der Waals surface area contributed by atoms with Crippen LogP contribution >= 0.6 is 39.1 Å². The van der Waals surface area contributed by atoms with Crippen molar-refractivity contribution in [3.8, 4) is 0 Å². The van der Waals surface area contributed by atoms with Crippen molar-refractivity contribution in [1.82, 2.24) is 0 Å². The lowest BCUT2D eigenvalue weighted by molar-refractivity contribution is 0.0993. The molecule has 0 saturated carbocycles. The van der Waals surface area contributed by atoms with E-state index in [0.717, 1.165) is 0 Å². The van der Waals surface area contributed by atoms with Gasteiger partial charge >= 0.3 is 0 Å². The molecule has 0 heterocycles. The van der Waals surface area contributed by atoms with Gasteiger partial charge in [0.15, 0.2) is 5.78 Å². The third-order valence-corrected chi connectivity index (χ3v) is 4.12. The average Bonchev–Trinajstić information content (AvgIpc) is 2.37. The second kappa shape index (κ2) is 5.95. The zero-order valence-electron chi connectivity index (χ0n) is 9.79. The summed E-state index contributed by atoms with van der Waals surface area (Å²) in [6, 6.07) is 10.3. The Hall–Kier alpha value is -1.03. The molecule has 0 amide bonds. The fourth-order valence-electron chi connectivity index (χ4n) is 1.66. The summed E-state index contributed by atoms with van der Waals surface area (Å²) in [4.78, 5) is 12.2. The molecule has 0 unspecified atom stereocenters. The number of carbonyl (C=O) groups excluding carboxylic acids is 1. The molecule has 0 atom stereocenters. The number of ketones is 1. The SMILES string of the molecule is Nc1ccc(C(=O)Cc2c(Cl)cccc2Cl)cc1Br. The highest BCUT2D eigenvalue weighted by atomic mass is 79.9. The van der Waals surface area contributed by atoms with Crippen molar-refractivity contribution in [2.24, 2.45) is 0 Å². The molecule has 2 aromatic rings. The zero-order chi connectivity index (χ0) is 14.0. The molecule has 2 nitrogen and oxygen atoms in total. The molecule has 0 aliphatic carbocycles. The lowest BCUT2D eigenvalue weighted by Gasteiger charge is -2.07. The van der Waals surface area contributed by atoms with Gasteiger partial charge in [0.2, 0.25) is 0 Å². The molecule has 2 rings (SSSR count). The lowest BCUT2D eigenvalue weighted by Crippen LogP contribution is -2.05. The Morgan fingerprint density at radius 2 is 1.79 bits per heavy atom. The second-order valence-electron chi connectivity index (χ2n) is 4.04. The number of benzene rings is 2. The van der Waals surface area contributed by atoms with Crippen molar-refractivity contribution in [3.05, 3.63) is 62.0 Å². The molecule has 0 aliphatic rings. The van der Waals surface area contributed by atoms with Gasteiger partial charge in [0.25, 0.3) is 0 Å². The molecule has 2 aromatic carbocycles. The van der Waals surface area contributed by atoms with Gasteiger partial charge < -0.3 is 5.73 Å². The number of anilines is 1. The molecule has 2 N–H and O–H groups in total. The van der Waals surface area contributed by atoms with E-state index in [9.17, 15) is 4.79 Å². The maximum atomic E-state index is 12.2. The summed E-state index contributed by atoms with van der Waals surface area (Å²) in [6.07, 6.45) is 0.162. The minimum absolute atomic E-state index is 0.0595. The summed E-state index contributed by atoms with van der Waals surface area (Å²) in [5, 5.41) is 0.991. The van der Waals surface area contributed by atoms with Gasteiger partial charge in [-0.05, 0) is 51.8 Å². The Morgan fingerprint density at radius 3 is 2.37 bits per heavy atom. The summed E-state index contributed by atoms with van der Waals surface area (Å²) >= 11 is 15.4. The van der Waals surface area contributed by atoms with E-state index in [2.05, 4.69) is 15.9 Å². The van der Waals surface area contributed by atoms with Crippen LogP contribution in [0.15, 0.2) is 40.9 Å². The molecule has 0 aliphatic heterocycles. The molecular formula is C14H10BrCl2NO. The highest BCUT2D eigenvalue weighted by Crippen LogP contribution is 2.27. The van der Waals surface area contributed by atoms with Crippen molar-refractivity contribution in [3.63, 3.8) is 0 Å². The van der Waals surface area contributed by atoms with Crippen molar-refractivity contribution in [2.45, 2.75) is 6.42 Å². The fourth-order valence-corrected chi connectivity index (χ4v) is 2.57. The largest absolute Gasteiger partial charge is 0.398 e. The van der Waals surface area contributed by atoms with E-state index < -0.39 is 0 Å². The van der Waals surface area contributed by atoms with Crippen molar-refractivity contribution < 1.29 is 4.79 Å². The van der Waals surface area contributed by atoms with Crippen molar-refractivity contribution >= 4 is 50.6 Å². The van der Waals surface area contributed by atoms with Gasteiger partial charge in [0.1, 0.15) is 0 Å². The van der Waals surface area contributed by atoms with E-state index in [4.69, 9.17) is 28.9 Å². The minimum atomic E-state index is -0.0595. The highest BCUT2D eigenvalue weighted by molar-refractivity contribution is 9.10. The normalized spacial score (nSPS) is 10.5. The predicted molar refractivity (Wildman–Crippen MR) is 83.1 cm³/mol. The molecule has 0 saturated heterocycles. The van der Waals surface area contributed by atoms with Gasteiger partial charge in [0.05, 0.1) is 0 Å². The van der Waals surface area contributed by atoms with E-state index in [1.807, 2.05) is 0 Å². The molecule has 0 fully saturated rings. The number of hydrogen-bond acceptors (Lipinski definition) is 2. The van der Waals surface area contributed by atoms with Gasteiger partial charge in [-0.3, -0.25) is 4.79 Å². The Bertz CT molecular complexity index is 623. The van der Waals surface area contributed by atoms with Gasteiger partial charge in [-0.2, -0.15) is 0 Å². The number of carbonyl (C=O) groups is 1. The van der Waals surface area contributed by atoms with E-state index in [1.54, 1.807) is 36.4 Å². The van der Waals surface area contributed by atoms with Crippen LogP contribution in [-0.4, -0.2) is 5.78 Å². The predicted octanol–water partition coefficient (Wildman–Crippen LogP) is 4.76. The van der Waals surface area contributed by atoms with E-state index in [0.29, 0.717) is 31.3 Å². The summed E-state index contributed by atoms with van der Waals surface area (Å²) in [6.45, 7) is 0. The maximum Gasteiger partial charge on any atom is 0.167 e. The van der Waals surface area contributed by atoms with Gasteiger partial charge in [-0.1, -0.05) is 29.3 Å². The Labute approximate surface area is 129 Å². The van der Waals surface area contributed by atoms with Crippen LogP contribution in [0.4, 0.5) is 5.69 Å². The smallest absolute Gasteiger partial charge is 0.167 e. The van der Waals surface area contributed by atoms with Crippen molar-refractivity contribution in [2.75, 3.05) is 5.73 Å². The third-order valence-electron chi connectivity index (χ3n) is 2.72. The molecule has 98 valence electrons. The van der Waals surface area contributed by atoms with Gasteiger partial charge in [-0.15, -0.1) is 0 Å². The minimum Gasteiger partial charge on any atom is -0.398 e. The number of halogens is 3. The number of hydrogen-bond donors (Lipinski definition) is 1. The van der Waals surface area contributed by atoms with Crippen LogP contribution < -0.4 is 5.73 Å². The fraction of sp³-hybridized carbons (Fsp3) is 0.0714. The summed E-state index contributed by atoms with van der Waals surface area (Å²) in [5.74, 6) is -0.0595. The number of rotatable bonds is 3. The standard InChI is InChI=1S/C14H10BrCl2NO/c15-10-6-8(4-5-13(10)18)14(19)7-9-11(16)2-1-3-12(9)17/h1-6H,7,18H2. The number of Topliss-reactive ketones (excluding diaryl/α,β-unsaturated/α-hetero) is 1.